The molecular formula is C40H57BO2. The first-order valence-electron chi connectivity index (χ1n) is 16.1. The summed E-state index contributed by atoms with van der Waals surface area (Å²) in [4.78, 5) is 0. The summed E-state index contributed by atoms with van der Waals surface area (Å²) in [7, 11) is -0.440. The molecule has 1 fully saturated rings. The van der Waals surface area contributed by atoms with Gasteiger partial charge in [-0.25, -0.2) is 0 Å². The summed E-state index contributed by atoms with van der Waals surface area (Å²) in [6.07, 6.45) is 0. The van der Waals surface area contributed by atoms with Gasteiger partial charge < -0.3 is 9.31 Å². The second kappa shape index (κ2) is 10.6. The maximum atomic E-state index is 6.62. The minimum absolute atomic E-state index is 0.0326. The first-order chi connectivity index (χ1) is 19.3. The molecule has 1 aliphatic rings. The van der Waals surface area contributed by atoms with Crippen LogP contribution in [0.2, 0.25) is 0 Å². The summed E-state index contributed by atoms with van der Waals surface area (Å²) in [6.45, 7) is 36.1. The fraction of sp³-hybridized carbons (Fsp3) is 0.550. The predicted octanol–water partition coefficient (Wildman–Crippen LogP) is 10.5. The maximum Gasteiger partial charge on any atom is 0.494 e. The third-order valence-corrected chi connectivity index (χ3v) is 9.48. The average Bonchev–Trinajstić information content (AvgIpc) is 3.07. The van der Waals surface area contributed by atoms with Crippen molar-refractivity contribution >= 4 is 12.6 Å². The molecule has 1 heterocycles. The van der Waals surface area contributed by atoms with E-state index in [-0.39, 0.29) is 21.7 Å². The third kappa shape index (κ3) is 7.15. The smallest absolute Gasteiger partial charge is 0.399 e. The van der Waals surface area contributed by atoms with Gasteiger partial charge in [0.05, 0.1) is 11.2 Å². The Morgan fingerprint density at radius 2 is 0.651 bits per heavy atom. The van der Waals surface area contributed by atoms with Crippen LogP contribution in [-0.4, -0.2) is 18.3 Å². The summed E-state index contributed by atoms with van der Waals surface area (Å²) < 4.78 is 13.2. The average molecular weight is 581 g/mol. The van der Waals surface area contributed by atoms with Crippen molar-refractivity contribution in [2.45, 2.75) is 144 Å². The van der Waals surface area contributed by atoms with Crippen molar-refractivity contribution in [2.75, 3.05) is 0 Å². The summed E-state index contributed by atoms with van der Waals surface area (Å²) in [6, 6.07) is 21.3. The van der Waals surface area contributed by atoms with E-state index >= 15 is 0 Å². The molecule has 0 aliphatic carbocycles. The molecule has 0 spiro atoms. The van der Waals surface area contributed by atoms with Crippen LogP contribution in [0.4, 0.5) is 0 Å². The Morgan fingerprint density at radius 3 is 0.907 bits per heavy atom. The van der Waals surface area contributed by atoms with Gasteiger partial charge in [0.15, 0.2) is 0 Å². The number of benzene rings is 3. The van der Waals surface area contributed by atoms with Crippen LogP contribution in [0.5, 0.6) is 0 Å². The summed E-state index contributed by atoms with van der Waals surface area (Å²) in [5.41, 5.74) is 10.6. The van der Waals surface area contributed by atoms with Gasteiger partial charge in [0.2, 0.25) is 0 Å². The summed E-state index contributed by atoms with van der Waals surface area (Å²) >= 11 is 0. The molecule has 1 saturated heterocycles. The highest BCUT2D eigenvalue weighted by molar-refractivity contribution is 6.62. The van der Waals surface area contributed by atoms with Gasteiger partial charge in [0, 0.05) is 0 Å². The molecule has 0 N–H and O–H groups in total. The Morgan fingerprint density at radius 1 is 0.395 bits per heavy atom. The van der Waals surface area contributed by atoms with Crippen molar-refractivity contribution in [1.29, 1.82) is 0 Å². The van der Waals surface area contributed by atoms with Crippen LogP contribution >= 0.6 is 0 Å². The lowest BCUT2D eigenvalue weighted by Crippen LogP contribution is -2.41. The van der Waals surface area contributed by atoms with Crippen LogP contribution in [0.15, 0.2) is 54.6 Å². The Kier molecular flexibility index (Phi) is 8.29. The van der Waals surface area contributed by atoms with Gasteiger partial charge in [0.25, 0.3) is 0 Å². The Bertz CT molecular complexity index is 1320. The van der Waals surface area contributed by atoms with E-state index in [1.165, 1.54) is 44.5 Å². The first-order valence-corrected chi connectivity index (χ1v) is 16.1. The van der Waals surface area contributed by atoms with Gasteiger partial charge >= 0.3 is 7.12 Å². The maximum absolute atomic E-state index is 6.62. The number of hydrogen-bond acceptors (Lipinski definition) is 2. The van der Waals surface area contributed by atoms with E-state index in [4.69, 9.17) is 9.31 Å². The van der Waals surface area contributed by atoms with E-state index in [0.29, 0.717) is 0 Å². The van der Waals surface area contributed by atoms with E-state index < -0.39 is 18.3 Å². The zero-order valence-electron chi connectivity index (χ0n) is 30.1. The SMILES string of the molecule is CC(C)(C)c1cc(-c2cc(B3OC(C)(C)C(C)(C)O3)cc(-c3cc(C(C)(C)C)cc(C(C)(C)C)c3)c2)cc(C(C)(C)C)c1. The van der Waals surface area contributed by atoms with Crippen molar-refractivity contribution in [3.8, 4) is 22.3 Å². The molecule has 0 amide bonds. The second-order valence-corrected chi connectivity index (χ2v) is 18.0. The highest BCUT2D eigenvalue weighted by Crippen LogP contribution is 2.40. The fourth-order valence-electron chi connectivity index (χ4n) is 5.42. The van der Waals surface area contributed by atoms with Crippen molar-refractivity contribution < 1.29 is 9.31 Å². The van der Waals surface area contributed by atoms with E-state index in [0.717, 1.165) is 5.46 Å². The molecule has 232 valence electrons. The Hall–Kier alpha value is -2.36. The van der Waals surface area contributed by atoms with Gasteiger partial charge in [-0.2, -0.15) is 0 Å². The van der Waals surface area contributed by atoms with Crippen LogP contribution in [0, 0.1) is 0 Å². The molecule has 3 aromatic carbocycles. The molecular weight excluding hydrogens is 523 g/mol. The van der Waals surface area contributed by atoms with Crippen molar-refractivity contribution in [3.05, 3.63) is 76.9 Å². The monoisotopic (exact) mass is 580 g/mol. The highest BCUT2D eigenvalue weighted by Gasteiger charge is 2.51. The van der Waals surface area contributed by atoms with Crippen LogP contribution in [0.25, 0.3) is 22.3 Å². The summed E-state index contributed by atoms with van der Waals surface area (Å²) in [5, 5.41) is 0. The van der Waals surface area contributed by atoms with Crippen molar-refractivity contribution in [2.24, 2.45) is 0 Å². The van der Waals surface area contributed by atoms with Gasteiger partial charge in [0.1, 0.15) is 0 Å². The quantitative estimate of drug-likeness (QED) is 0.287. The molecule has 3 aromatic rings. The fourth-order valence-corrected chi connectivity index (χ4v) is 5.42. The zero-order chi connectivity index (χ0) is 32.6. The lowest BCUT2D eigenvalue weighted by molar-refractivity contribution is 0.00578. The largest absolute Gasteiger partial charge is 0.494 e. The molecule has 0 aromatic heterocycles. The second-order valence-electron chi connectivity index (χ2n) is 18.0. The van der Waals surface area contributed by atoms with Gasteiger partial charge in [-0.05, 0) is 105 Å². The van der Waals surface area contributed by atoms with Crippen LogP contribution in [0.1, 0.15) is 133 Å². The zero-order valence-corrected chi connectivity index (χ0v) is 30.1. The molecule has 4 rings (SSSR count). The van der Waals surface area contributed by atoms with Gasteiger partial charge in [-0.15, -0.1) is 0 Å². The van der Waals surface area contributed by atoms with E-state index in [2.05, 4.69) is 165 Å². The molecule has 2 nitrogen and oxygen atoms in total. The predicted molar refractivity (Wildman–Crippen MR) is 188 cm³/mol. The van der Waals surface area contributed by atoms with Crippen molar-refractivity contribution in [3.63, 3.8) is 0 Å². The number of hydrogen-bond donors (Lipinski definition) is 0. The standard InChI is InChI=1S/C40H57BO2/c1-35(2,3)30-18-28(19-31(24-30)36(4,5)6)26-17-27(23-34(22-26)41-42-39(13,14)40(15,16)43-41)29-20-32(37(7,8)9)25-33(21-29)38(10,11)12/h17-25H,1-16H3. The molecule has 0 saturated carbocycles. The molecule has 0 bridgehead atoms. The van der Waals surface area contributed by atoms with Crippen molar-refractivity contribution in [1.82, 2.24) is 0 Å². The molecule has 43 heavy (non-hydrogen) atoms. The summed E-state index contributed by atoms with van der Waals surface area (Å²) in [5.74, 6) is 0. The lowest BCUT2D eigenvalue weighted by atomic mass is 9.74. The van der Waals surface area contributed by atoms with Gasteiger partial charge in [-0.1, -0.05) is 132 Å². The van der Waals surface area contributed by atoms with Gasteiger partial charge in [-0.3, -0.25) is 0 Å². The Balaban J connectivity index is 2.03. The molecule has 0 atom stereocenters. The third-order valence-electron chi connectivity index (χ3n) is 9.48. The first kappa shape index (κ1) is 33.5. The minimum atomic E-state index is -0.440. The van der Waals surface area contributed by atoms with E-state index in [1.54, 1.807) is 0 Å². The molecule has 0 unspecified atom stereocenters. The van der Waals surface area contributed by atoms with E-state index in [9.17, 15) is 0 Å². The number of rotatable bonds is 3. The van der Waals surface area contributed by atoms with E-state index in [1.807, 2.05) is 0 Å². The van der Waals surface area contributed by atoms with Crippen LogP contribution in [-0.2, 0) is 31.0 Å². The molecule has 0 radical (unpaired) electrons. The molecule has 3 heteroatoms. The normalized spacial score (nSPS) is 17.4. The highest BCUT2D eigenvalue weighted by atomic mass is 16.7. The molecule has 1 aliphatic heterocycles. The Labute approximate surface area is 264 Å². The minimum Gasteiger partial charge on any atom is -0.399 e. The van der Waals surface area contributed by atoms with Crippen LogP contribution in [0.3, 0.4) is 0 Å². The van der Waals surface area contributed by atoms with Crippen LogP contribution < -0.4 is 5.46 Å². The lowest BCUT2D eigenvalue weighted by Gasteiger charge is -2.32. The topological polar surface area (TPSA) is 18.5 Å².